The number of carbonyl (C=O) groups is 5. The van der Waals surface area contributed by atoms with E-state index < -0.39 is 68.9 Å². The van der Waals surface area contributed by atoms with Crippen molar-refractivity contribution in [3.05, 3.63) is 0 Å². The fraction of sp³-hybridized carbons (Fsp3) is 0.800. The van der Waals surface area contributed by atoms with E-state index in [1.54, 1.807) is 0 Å². The van der Waals surface area contributed by atoms with Crippen LogP contribution in [0.2, 0.25) is 0 Å². The van der Waals surface area contributed by atoms with E-state index >= 15 is 0 Å². The number of alkyl halides is 2. The molecule has 12 heteroatoms. The second kappa shape index (κ2) is 10.2. The maximum atomic E-state index is 13.8. The molecule has 37 heavy (non-hydrogen) atoms. The highest BCUT2D eigenvalue weighted by molar-refractivity contribution is 6.51. The molecule has 3 fully saturated rings. The highest BCUT2D eigenvalue weighted by Crippen LogP contribution is 2.65. The van der Waals surface area contributed by atoms with Gasteiger partial charge in [-0.1, -0.05) is 40.0 Å². The monoisotopic (exact) mass is 559 g/mol. The highest BCUT2D eigenvalue weighted by atomic mass is 35.5. The van der Waals surface area contributed by atoms with Crippen LogP contribution in [0.3, 0.4) is 0 Å². The molecule has 1 aliphatic heterocycles. The zero-order valence-electron chi connectivity index (χ0n) is 22.3. The van der Waals surface area contributed by atoms with Crippen LogP contribution in [0, 0.1) is 23.2 Å². The molecule has 10 nitrogen and oxygen atoms in total. The first-order valence-corrected chi connectivity index (χ1v) is 13.5. The smallest absolute Gasteiger partial charge is 0.315 e. The maximum Gasteiger partial charge on any atom is 0.315 e. The number of Topliss-reactive ketones (excluding diaryl/α,β-unsaturated/α-hetero) is 1. The van der Waals surface area contributed by atoms with Gasteiger partial charge in [0.15, 0.2) is 0 Å². The number of piperidine rings is 1. The molecule has 5 atom stereocenters. The summed E-state index contributed by atoms with van der Waals surface area (Å²) in [6.45, 7) is 11.0. The third-order valence-electron chi connectivity index (χ3n) is 7.43. The first-order valence-electron chi connectivity index (χ1n) is 12.8. The van der Waals surface area contributed by atoms with Gasteiger partial charge in [0.25, 0.3) is 5.91 Å². The summed E-state index contributed by atoms with van der Waals surface area (Å²) in [6.07, 6.45) is 3.13. The first kappa shape index (κ1) is 29.5. The van der Waals surface area contributed by atoms with Gasteiger partial charge in [-0.3, -0.25) is 19.2 Å². The molecular weight excluding hydrogens is 521 g/mol. The molecule has 3 unspecified atom stereocenters. The number of ketones is 1. The van der Waals surface area contributed by atoms with E-state index in [1.165, 1.54) is 4.90 Å². The molecule has 0 radical (unpaired) electrons. The van der Waals surface area contributed by atoms with Crippen molar-refractivity contribution in [1.82, 2.24) is 20.9 Å². The Labute approximate surface area is 228 Å². The Balaban J connectivity index is 1.83. The Morgan fingerprint density at radius 2 is 1.62 bits per heavy atom. The van der Waals surface area contributed by atoms with E-state index in [4.69, 9.17) is 28.9 Å². The van der Waals surface area contributed by atoms with Crippen LogP contribution in [-0.4, -0.2) is 69.0 Å². The number of hydrogen-bond donors (Lipinski definition) is 4. The molecule has 208 valence electrons. The zero-order chi connectivity index (χ0) is 28.1. The van der Waals surface area contributed by atoms with Crippen LogP contribution in [-0.2, 0) is 19.2 Å². The van der Waals surface area contributed by atoms with Crippen molar-refractivity contribution in [2.45, 2.75) is 95.2 Å². The van der Waals surface area contributed by atoms with Gasteiger partial charge < -0.3 is 26.6 Å². The van der Waals surface area contributed by atoms with Gasteiger partial charge in [-0.25, -0.2) is 4.79 Å². The number of rotatable bonds is 8. The highest BCUT2D eigenvalue weighted by Gasteiger charge is 2.74. The lowest BCUT2D eigenvalue weighted by molar-refractivity contribution is -0.144. The number of urea groups is 1. The van der Waals surface area contributed by atoms with Crippen molar-refractivity contribution in [2.24, 2.45) is 28.9 Å². The van der Waals surface area contributed by atoms with Crippen molar-refractivity contribution < 1.29 is 24.0 Å². The minimum Gasteiger partial charge on any atom is -0.363 e. The summed E-state index contributed by atoms with van der Waals surface area (Å²) in [4.78, 5) is 65.6. The van der Waals surface area contributed by atoms with Gasteiger partial charge in [-0.15, -0.1) is 23.2 Å². The molecule has 3 aliphatic rings. The topological polar surface area (TPSA) is 151 Å². The molecule has 1 saturated heterocycles. The van der Waals surface area contributed by atoms with Crippen molar-refractivity contribution in [2.75, 3.05) is 6.54 Å². The number of hydrogen-bond acceptors (Lipinski definition) is 5. The van der Waals surface area contributed by atoms with Crippen LogP contribution in [0.15, 0.2) is 0 Å². The fourth-order valence-corrected chi connectivity index (χ4v) is 6.00. The van der Waals surface area contributed by atoms with Crippen molar-refractivity contribution in [3.8, 4) is 0 Å². The number of nitrogens with two attached hydrogens (primary N) is 1. The maximum absolute atomic E-state index is 13.8. The Hall–Kier alpha value is -2.07. The van der Waals surface area contributed by atoms with Gasteiger partial charge in [0, 0.05) is 23.9 Å². The Morgan fingerprint density at radius 1 is 1.03 bits per heavy atom. The summed E-state index contributed by atoms with van der Waals surface area (Å²) < 4.78 is -1.19. The normalized spacial score (nSPS) is 26.3. The van der Waals surface area contributed by atoms with Gasteiger partial charge in [-0.05, 0) is 38.5 Å². The average Bonchev–Trinajstić information content (AvgIpc) is 3.06. The number of likely N-dealkylation sites (tertiary alicyclic amines) is 1. The molecular formula is C25H39Cl2N5O5. The van der Waals surface area contributed by atoms with Crippen LogP contribution < -0.4 is 21.7 Å². The van der Waals surface area contributed by atoms with Crippen molar-refractivity contribution in [3.63, 3.8) is 0 Å². The molecule has 2 saturated carbocycles. The van der Waals surface area contributed by atoms with E-state index in [1.807, 2.05) is 41.5 Å². The molecule has 0 bridgehead atoms. The number of nitrogens with one attached hydrogen (secondary N) is 3. The number of amides is 5. The molecule has 3 rings (SSSR count). The number of fused-ring (bicyclic) bond motifs is 1. The van der Waals surface area contributed by atoms with Crippen molar-refractivity contribution in [1.29, 1.82) is 0 Å². The standard InChI is InChI=1S/C25H39Cl2N5O5/c1-23(2,3)18(30-22(37)31-24(4,5)6)21(36)32-11-13-15(25(13,26)27)16(32)20(35)29-14(17(33)19(28)34)10-12-8-7-9-12/h12-16,18H,7-11H2,1-6H3,(H2,28,34)(H,29,35)(H2,30,31,37)/t13-,14?,15-,16?,18?/m0/s1. The van der Waals surface area contributed by atoms with Crippen LogP contribution in [0.1, 0.15) is 67.2 Å². The average molecular weight is 561 g/mol. The molecule has 1 heterocycles. The molecule has 0 aromatic carbocycles. The van der Waals surface area contributed by atoms with Gasteiger partial charge in [0.05, 0.1) is 6.04 Å². The lowest BCUT2D eigenvalue weighted by Crippen LogP contribution is -2.62. The number of halogens is 2. The summed E-state index contributed by atoms with van der Waals surface area (Å²) in [6, 6.07) is -3.61. The van der Waals surface area contributed by atoms with E-state index in [2.05, 4.69) is 16.0 Å². The second-order valence-corrected chi connectivity index (χ2v) is 14.2. The minimum absolute atomic E-state index is 0.126. The van der Waals surface area contributed by atoms with E-state index in [0.717, 1.165) is 19.3 Å². The van der Waals surface area contributed by atoms with Crippen LogP contribution in [0.4, 0.5) is 4.79 Å². The van der Waals surface area contributed by atoms with Crippen LogP contribution >= 0.6 is 23.2 Å². The first-order chi connectivity index (χ1) is 16.8. The molecule has 2 aliphatic carbocycles. The van der Waals surface area contributed by atoms with E-state index in [-0.39, 0.29) is 18.4 Å². The Bertz CT molecular complexity index is 969. The Kier molecular flexibility index (Phi) is 8.16. The van der Waals surface area contributed by atoms with Crippen LogP contribution in [0.5, 0.6) is 0 Å². The minimum atomic E-state index is -1.19. The zero-order valence-corrected chi connectivity index (χ0v) is 23.8. The summed E-state index contributed by atoms with van der Waals surface area (Å²) >= 11 is 12.9. The third kappa shape index (κ3) is 6.50. The Morgan fingerprint density at radius 3 is 2.08 bits per heavy atom. The van der Waals surface area contributed by atoms with Gasteiger partial charge in [0.1, 0.15) is 16.4 Å². The lowest BCUT2D eigenvalue weighted by atomic mass is 9.80. The summed E-state index contributed by atoms with van der Waals surface area (Å²) in [5.74, 6) is -3.74. The fourth-order valence-electron chi connectivity index (χ4n) is 5.18. The molecule has 5 N–H and O–H groups in total. The summed E-state index contributed by atoms with van der Waals surface area (Å²) in [5.41, 5.74) is 4.03. The summed E-state index contributed by atoms with van der Waals surface area (Å²) in [5, 5.41) is 8.22. The van der Waals surface area contributed by atoms with Crippen LogP contribution in [0.25, 0.3) is 0 Å². The summed E-state index contributed by atoms with van der Waals surface area (Å²) in [7, 11) is 0. The third-order valence-corrected chi connectivity index (χ3v) is 8.50. The molecule has 0 aromatic rings. The van der Waals surface area contributed by atoms with E-state index in [0.29, 0.717) is 6.42 Å². The predicted molar refractivity (Wildman–Crippen MR) is 140 cm³/mol. The molecule has 5 amide bonds. The number of nitrogens with zero attached hydrogens (tertiary/aromatic N) is 1. The predicted octanol–water partition coefficient (Wildman–Crippen LogP) is 1.86. The number of primary amides is 1. The quantitative estimate of drug-likeness (QED) is 0.264. The molecule has 0 aromatic heterocycles. The van der Waals surface area contributed by atoms with Crippen molar-refractivity contribution >= 4 is 52.7 Å². The van der Waals surface area contributed by atoms with Gasteiger partial charge in [0.2, 0.25) is 17.6 Å². The largest absolute Gasteiger partial charge is 0.363 e. The second-order valence-electron chi connectivity index (χ2n) is 12.7. The lowest BCUT2D eigenvalue weighted by Gasteiger charge is -2.38. The molecule has 0 spiro atoms. The SMILES string of the molecule is CC(C)(C)NC(=O)NC(C(=O)N1C[C@H]2[C@@H](C1C(=O)NC(CC1CCC1)C(=O)C(N)=O)C2(Cl)Cl)C(C)(C)C. The van der Waals surface area contributed by atoms with Gasteiger partial charge >= 0.3 is 6.03 Å². The number of carbonyl (C=O) groups excluding carboxylic acids is 5. The van der Waals surface area contributed by atoms with E-state index in [9.17, 15) is 24.0 Å². The van der Waals surface area contributed by atoms with Gasteiger partial charge in [-0.2, -0.15) is 0 Å².